The summed E-state index contributed by atoms with van der Waals surface area (Å²) in [5.74, 6) is 0. The summed E-state index contributed by atoms with van der Waals surface area (Å²) < 4.78 is 34.1. The van der Waals surface area contributed by atoms with E-state index in [0.717, 1.165) is 0 Å². The van der Waals surface area contributed by atoms with Crippen LogP contribution in [-0.4, -0.2) is 40.6 Å². The molecular formula is H2MgO4SZn. The Kier molecular flexibility index (Phi) is 12.1. The third kappa shape index (κ3) is 127. The smallest absolute Gasteiger partial charge is 1.00 e. The van der Waals surface area contributed by atoms with Gasteiger partial charge in [-0.25, -0.2) is 0 Å². The van der Waals surface area contributed by atoms with E-state index in [9.17, 15) is 0 Å². The second kappa shape index (κ2) is 5.40. The maximum absolute atomic E-state index is 8.52. The first-order chi connectivity index (χ1) is 2.00. The van der Waals surface area contributed by atoms with Gasteiger partial charge in [-0.2, -0.15) is 0 Å². The van der Waals surface area contributed by atoms with Crippen LogP contribution in [0.5, 0.6) is 0 Å². The van der Waals surface area contributed by atoms with E-state index >= 15 is 0 Å². The van der Waals surface area contributed by atoms with Gasteiger partial charge >= 0.3 is 42.5 Å². The molecule has 0 aliphatic carbocycles. The largest absolute Gasteiger partial charge is 2.00 e. The Morgan fingerprint density at radius 1 is 1.29 bits per heavy atom. The fourth-order valence-electron chi connectivity index (χ4n) is 0. The van der Waals surface area contributed by atoms with E-state index in [2.05, 4.69) is 0 Å². The van der Waals surface area contributed by atoms with Crippen LogP contribution in [0.2, 0.25) is 0 Å². The zero-order valence-electron chi connectivity index (χ0n) is 5.46. The van der Waals surface area contributed by atoms with Crippen molar-refractivity contribution in [3.05, 3.63) is 0 Å². The molecule has 0 N–H and O–H groups in total. The molecule has 0 fully saturated rings. The molecule has 0 heterocycles. The maximum Gasteiger partial charge on any atom is 2.00 e. The minimum absolute atomic E-state index is 0. The molecule has 0 bridgehead atoms. The number of rotatable bonds is 0. The quantitative estimate of drug-likeness (QED) is 0.263. The Hall–Kier alpha value is 1.26. The Labute approximate surface area is 73.1 Å². The molecular weight excluding hydrogens is 186 g/mol. The topological polar surface area (TPSA) is 80.3 Å². The summed E-state index contributed by atoms with van der Waals surface area (Å²) in [6.45, 7) is 0. The Bertz CT molecular complexity index is 102. The minimum Gasteiger partial charge on any atom is -1.00 e. The SMILES string of the molecule is O=S(=O)([O-])[O-].[H-].[H-].[Mg+2].[Zn+2]. The third-order valence-corrected chi connectivity index (χ3v) is 0. The molecule has 0 aromatic heterocycles. The normalized spacial score (nSPS) is 8.29. The van der Waals surface area contributed by atoms with Gasteiger partial charge in [0.25, 0.3) is 0 Å². The summed E-state index contributed by atoms with van der Waals surface area (Å²) in [7, 11) is -5.17. The van der Waals surface area contributed by atoms with Crippen LogP contribution in [0, 0.1) is 0 Å². The van der Waals surface area contributed by atoms with Gasteiger partial charge in [0.05, 0.1) is 0 Å². The summed E-state index contributed by atoms with van der Waals surface area (Å²) in [6.07, 6.45) is 0. The molecule has 0 rings (SSSR count). The van der Waals surface area contributed by atoms with Gasteiger partial charge in [-0.1, -0.05) is 0 Å². The predicted molar refractivity (Wildman–Crippen MR) is 18.5 cm³/mol. The second-order valence-corrected chi connectivity index (χ2v) is 1.22. The van der Waals surface area contributed by atoms with Crippen LogP contribution in [-0.2, 0) is 29.9 Å². The van der Waals surface area contributed by atoms with Gasteiger partial charge in [-0.3, -0.25) is 8.42 Å². The van der Waals surface area contributed by atoms with E-state index in [1.54, 1.807) is 0 Å². The average Bonchev–Trinajstić information content (AvgIpc) is 0.722. The van der Waals surface area contributed by atoms with E-state index in [1.807, 2.05) is 0 Å². The van der Waals surface area contributed by atoms with Crippen LogP contribution >= 0.6 is 0 Å². The van der Waals surface area contributed by atoms with Gasteiger partial charge in [0.2, 0.25) is 0 Å². The average molecular weight is 188 g/mol. The third-order valence-electron chi connectivity index (χ3n) is 0. The van der Waals surface area contributed by atoms with E-state index in [0.29, 0.717) is 0 Å². The fraction of sp³-hybridized carbons (Fsp3) is 0. The molecule has 0 aliphatic rings. The molecule has 0 spiro atoms. The van der Waals surface area contributed by atoms with Gasteiger partial charge in [0.15, 0.2) is 0 Å². The molecule has 7 heavy (non-hydrogen) atoms. The number of hydrogen-bond acceptors (Lipinski definition) is 4. The minimum atomic E-state index is -5.17. The van der Waals surface area contributed by atoms with Crippen molar-refractivity contribution < 1.29 is 39.9 Å². The first kappa shape index (κ1) is 15.7. The van der Waals surface area contributed by atoms with Crippen molar-refractivity contribution in [2.45, 2.75) is 0 Å². The first-order valence-electron chi connectivity index (χ1n) is 0.667. The van der Waals surface area contributed by atoms with Crippen LogP contribution in [0.4, 0.5) is 0 Å². The second-order valence-electron chi connectivity index (χ2n) is 0.408. The van der Waals surface area contributed by atoms with Crippen LogP contribution in [0.3, 0.4) is 0 Å². The standard InChI is InChI=1S/Mg.H2O4S.Zn.2H/c;1-5(2,3)4;;;/h;(H2,1,2,3,4);;;/q+2;;+2;2*-1/p-2. The number of hydrogen-bond donors (Lipinski definition) is 0. The molecule has 0 aliphatic heterocycles. The van der Waals surface area contributed by atoms with E-state index in [-0.39, 0.29) is 45.4 Å². The summed E-state index contributed by atoms with van der Waals surface area (Å²) >= 11 is 0. The molecule has 0 radical (unpaired) electrons. The van der Waals surface area contributed by atoms with Crippen LogP contribution in [0.1, 0.15) is 2.85 Å². The van der Waals surface area contributed by atoms with E-state index < -0.39 is 10.4 Å². The van der Waals surface area contributed by atoms with Crippen molar-refractivity contribution in [2.75, 3.05) is 0 Å². The van der Waals surface area contributed by atoms with Gasteiger partial charge in [-0.05, 0) is 0 Å². The monoisotopic (exact) mass is 186 g/mol. The molecule has 7 heteroatoms. The van der Waals surface area contributed by atoms with Crippen molar-refractivity contribution in [3.8, 4) is 0 Å². The summed E-state index contributed by atoms with van der Waals surface area (Å²) in [5, 5.41) is 0. The fourth-order valence-corrected chi connectivity index (χ4v) is 0. The predicted octanol–water partition coefficient (Wildman–Crippen LogP) is -1.50. The molecule has 0 unspecified atom stereocenters. The zero-order chi connectivity index (χ0) is 4.50. The van der Waals surface area contributed by atoms with Gasteiger partial charge in [0.1, 0.15) is 0 Å². The molecule has 0 saturated carbocycles. The van der Waals surface area contributed by atoms with Crippen molar-refractivity contribution in [3.63, 3.8) is 0 Å². The van der Waals surface area contributed by atoms with Crippen LogP contribution in [0.15, 0.2) is 0 Å². The van der Waals surface area contributed by atoms with Gasteiger partial charge in [0, 0.05) is 10.4 Å². The molecule has 0 amide bonds. The molecule has 0 saturated heterocycles. The van der Waals surface area contributed by atoms with E-state index in [1.165, 1.54) is 0 Å². The van der Waals surface area contributed by atoms with Crippen molar-refractivity contribution in [2.24, 2.45) is 0 Å². The summed E-state index contributed by atoms with van der Waals surface area (Å²) in [6, 6.07) is 0. The van der Waals surface area contributed by atoms with Gasteiger partial charge < -0.3 is 12.0 Å². The van der Waals surface area contributed by atoms with Crippen LogP contribution in [0.25, 0.3) is 0 Å². The zero-order valence-corrected chi connectivity index (χ0v) is 8.65. The van der Waals surface area contributed by atoms with Crippen molar-refractivity contribution in [1.29, 1.82) is 0 Å². The molecule has 0 aromatic carbocycles. The summed E-state index contributed by atoms with van der Waals surface area (Å²) in [4.78, 5) is 0. The van der Waals surface area contributed by atoms with Crippen molar-refractivity contribution >= 4 is 33.5 Å². The van der Waals surface area contributed by atoms with Crippen LogP contribution < -0.4 is 0 Å². The Morgan fingerprint density at radius 3 is 1.29 bits per heavy atom. The van der Waals surface area contributed by atoms with Crippen molar-refractivity contribution in [1.82, 2.24) is 0 Å². The van der Waals surface area contributed by atoms with E-state index in [4.69, 9.17) is 17.5 Å². The molecule has 0 atom stereocenters. The first-order valence-corrected chi connectivity index (χ1v) is 2.00. The molecule has 36 valence electrons. The molecule has 4 nitrogen and oxygen atoms in total. The van der Waals surface area contributed by atoms with Gasteiger partial charge in [-0.15, -0.1) is 0 Å². The summed E-state index contributed by atoms with van der Waals surface area (Å²) in [5.41, 5.74) is 0. The molecule has 0 aromatic rings. The maximum atomic E-state index is 8.52. The Morgan fingerprint density at radius 2 is 1.29 bits per heavy atom. The Balaban J connectivity index is -0.0000000133.